The van der Waals surface area contributed by atoms with Gasteiger partial charge in [-0.15, -0.1) is 0 Å². The van der Waals surface area contributed by atoms with Crippen molar-refractivity contribution in [2.75, 3.05) is 21.1 Å². The van der Waals surface area contributed by atoms with Crippen LogP contribution in [0.2, 0.25) is 0 Å². The highest BCUT2D eigenvalue weighted by Gasteiger charge is 2.14. The standard InChI is InChI=1S/C18H21N3O4S/c1-13-6-8-15(9-7-13)20-18(23)10-11-26(24,25)21-17-5-3-4-16(12-17)19-14(2)22/h3-9,12,21H,10-11H2,1-2H3,(H,19,22)(H,20,23). The van der Waals surface area contributed by atoms with Crippen molar-refractivity contribution >= 4 is 38.9 Å². The molecule has 2 aromatic carbocycles. The fraction of sp³-hybridized carbons (Fsp3) is 0.222. The molecule has 138 valence electrons. The molecule has 3 N–H and O–H groups in total. The maximum atomic E-state index is 12.2. The number of hydrogen-bond donors (Lipinski definition) is 3. The number of nitrogens with one attached hydrogen (secondary N) is 3. The van der Waals surface area contributed by atoms with E-state index in [1.807, 2.05) is 19.1 Å². The molecule has 0 fully saturated rings. The minimum Gasteiger partial charge on any atom is -0.326 e. The third kappa shape index (κ3) is 6.56. The third-order valence-corrected chi connectivity index (χ3v) is 4.68. The second-order valence-corrected chi connectivity index (χ2v) is 7.69. The van der Waals surface area contributed by atoms with Crippen LogP contribution < -0.4 is 15.4 Å². The van der Waals surface area contributed by atoms with Gasteiger partial charge in [0.2, 0.25) is 21.8 Å². The lowest BCUT2D eigenvalue weighted by atomic mass is 10.2. The van der Waals surface area contributed by atoms with E-state index in [-0.39, 0.29) is 24.0 Å². The van der Waals surface area contributed by atoms with E-state index in [1.165, 1.54) is 13.0 Å². The summed E-state index contributed by atoms with van der Waals surface area (Å²) in [6, 6.07) is 13.6. The Morgan fingerprint density at radius 3 is 2.23 bits per heavy atom. The molecule has 2 aromatic rings. The van der Waals surface area contributed by atoms with Gasteiger partial charge in [-0.25, -0.2) is 8.42 Å². The van der Waals surface area contributed by atoms with E-state index < -0.39 is 10.0 Å². The number of amides is 2. The Labute approximate surface area is 152 Å². The van der Waals surface area contributed by atoms with Crippen LogP contribution in [0.15, 0.2) is 48.5 Å². The van der Waals surface area contributed by atoms with Gasteiger partial charge in [-0.2, -0.15) is 0 Å². The van der Waals surface area contributed by atoms with Crippen LogP contribution in [0.3, 0.4) is 0 Å². The smallest absolute Gasteiger partial charge is 0.233 e. The van der Waals surface area contributed by atoms with E-state index in [9.17, 15) is 18.0 Å². The normalized spacial score (nSPS) is 10.8. The van der Waals surface area contributed by atoms with Gasteiger partial charge in [0.05, 0.1) is 11.4 Å². The Morgan fingerprint density at radius 2 is 1.58 bits per heavy atom. The zero-order valence-electron chi connectivity index (χ0n) is 14.6. The average molecular weight is 375 g/mol. The Morgan fingerprint density at radius 1 is 0.923 bits per heavy atom. The van der Waals surface area contributed by atoms with Gasteiger partial charge in [-0.1, -0.05) is 23.8 Å². The maximum absolute atomic E-state index is 12.2. The summed E-state index contributed by atoms with van der Waals surface area (Å²) in [5, 5.41) is 5.23. The monoisotopic (exact) mass is 375 g/mol. The first-order chi connectivity index (χ1) is 12.2. The second-order valence-electron chi connectivity index (χ2n) is 5.85. The van der Waals surface area contributed by atoms with Crippen LogP contribution in [-0.2, 0) is 19.6 Å². The molecule has 8 heteroatoms. The highest BCUT2D eigenvalue weighted by molar-refractivity contribution is 7.92. The predicted molar refractivity (Wildman–Crippen MR) is 103 cm³/mol. The van der Waals surface area contributed by atoms with Crippen molar-refractivity contribution in [2.24, 2.45) is 0 Å². The SMILES string of the molecule is CC(=O)Nc1cccc(NS(=O)(=O)CCC(=O)Nc2ccc(C)cc2)c1. The average Bonchev–Trinajstić information content (AvgIpc) is 2.55. The molecule has 0 aliphatic heterocycles. The van der Waals surface area contributed by atoms with Crippen LogP contribution in [0.5, 0.6) is 0 Å². The van der Waals surface area contributed by atoms with Crippen molar-refractivity contribution in [3.63, 3.8) is 0 Å². The van der Waals surface area contributed by atoms with Gasteiger partial charge in [-0.3, -0.25) is 14.3 Å². The van der Waals surface area contributed by atoms with Crippen LogP contribution in [-0.4, -0.2) is 26.0 Å². The van der Waals surface area contributed by atoms with Gasteiger partial charge in [0.15, 0.2) is 0 Å². The minimum absolute atomic E-state index is 0.172. The van der Waals surface area contributed by atoms with Crippen LogP contribution >= 0.6 is 0 Å². The van der Waals surface area contributed by atoms with E-state index >= 15 is 0 Å². The number of benzene rings is 2. The van der Waals surface area contributed by atoms with E-state index in [0.717, 1.165) is 5.56 Å². The number of aryl methyl sites for hydroxylation is 1. The van der Waals surface area contributed by atoms with Crippen LogP contribution in [0.1, 0.15) is 18.9 Å². The Balaban J connectivity index is 1.91. The molecular formula is C18H21N3O4S. The molecule has 0 saturated carbocycles. The number of anilines is 3. The van der Waals surface area contributed by atoms with Crippen molar-refractivity contribution in [1.82, 2.24) is 0 Å². The molecule has 26 heavy (non-hydrogen) atoms. The molecule has 2 amide bonds. The molecule has 0 aliphatic carbocycles. The number of carbonyl (C=O) groups excluding carboxylic acids is 2. The summed E-state index contributed by atoms with van der Waals surface area (Å²) in [7, 11) is -3.70. The summed E-state index contributed by atoms with van der Waals surface area (Å²) in [6.07, 6.45) is -0.172. The fourth-order valence-corrected chi connectivity index (χ4v) is 3.22. The first kappa shape index (κ1) is 19.5. The molecule has 0 radical (unpaired) electrons. The Bertz CT molecular complexity index is 893. The molecule has 0 heterocycles. The number of carbonyl (C=O) groups is 2. The van der Waals surface area contributed by atoms with E-state index in [0.29, 0.717) is 17.1 Å². The topological polar surface area (TPSA) is 104 Å². The van der Waals surface area contributed by atoms with Gasteiger partial charge in [0.1, 0.15) is 0 Å². The molecule has 0 unspecified atom stereocenters. The summed E-state index contributed by atoms with van der Waals surface area (Å²) >= 11 is 0. The minimum atomic E-state index is -3.70. The lowest BCUT2D eigenvalue weighted by molar-refractivity contribution is -0.116. The van der Waals surface area contributed by atoms with Crippen molar-refractivity contribution in [1.29, 1.82) is 0 Å². The van der Waals surface area contributed by atoms with E-state index in [2.05, 4.69) is 15.4 Å². The lowest BCUT2D eigenvalue weighted by Crippen LogP contribution is -2.22. The van der Waals surface area contributed by atoms with E-state index in [4.69, 9.17) is 0 Å². The van der Waals surface area contributed by atoms with Crippen LogP contribution in [0, 0.1) is 6.92 Å². The van der Waals surface area contributed by atoms with Crippen LogP contribution in [0.4, 0.5) is 17.1 Å². The first-order valence-corrected chi connectivity index (χ1v) is 9.63. The van der Waals surface area contributed by atoms with Crippen molar-refractivity contribution < 1.29 is 18.0 Å². The van der Waals surface area contributed by atoms with Gasteiger partial charge < -0.3 is 10.6 Å². The molecule has 0 aromatic heterocycles. The Hall–Kier alpha value is -2.87. The van der Waals surface area contributed by atoms with Gasteiger partial charge in [-0.05, 0) is 37.3 Å². The second kappa shape index (κ2) is 8.48. The van der Waals surface area contributed by atoms with Gasteiger partial charge in [0, 0.05) is 24.7 Å². The molecule has 7 nitrogen and oxygen atoms in total. The summed E-state index contributed by atoms with van der Waals surface area (Å²) in [4.78, 5) is 23.0. The molecule has 0 aliphatic rings. The van der Waals surface area contributed by atoms with Crippen molar-refractivity contribution in [3.8, 4) is 0 Å². The number of rotatable bonds is 7. The summed E-state index contributed by atoms with van der Waals surface area (Å²) in [5.41, 5.74) is 2.48. The zero-order chi connectivity index (χ0) is 19.2. The lowest BCUT2D eigenvalue weighted by Gasteiger charge is -2.10. The first-order valence-electron chi connectivity index (χ1n) is 7.98. The zero-order valence-corrected chi connectivity index (χ0v) is 15.4. The summed E-state index contributed by atoms with van der Waals surface area (Å²) in [5.74, 6) is -0.987. The fourth-order valence-electron chi connectivity index (χ4n) is 2.18. The molecule has 0 bridgehead atoms. The molecule has 0 saturated heterocycles. The summed E-state index contributed by atoms with van der Waals surface area (Å²) in [6.45, 7) is 3.30. The highest BCUT2D eigenvalue weighted by atomic mass is 32.2. The van der Waals surface area contributed by atoms with Crippen molar-refractivity contribution in [2.45, 2.75) is 20.3 Å². The van der Waals surface area contributed by atoms with Gasteiger partial charge in [0.25, 0.3) is 0 Å². The summed E-state index contributed by atoms with van der Waals surface area (Å²) < 4.78 is 26.7. The quantitative estimate of drug-likeness (QED) is 0.692. The largest absolute Gasteiger partial charge is 0.326 e. The Kier molecular flexibility index (Phi) is 6.35. The maximum Gasteiger partial charge on any atom is 0.233 e. The molecule has 2 rings (SSSR count). The number of sulfonamides is 1. The molecular weight excluding hydrogens is 354 g/mol. The van der Waals surface area contributed by atoms with E-state index in [1.54, 1.807) is 30.3 Å². The predicted octanol–water partition coefficient (Wildman–Crippen LogP) is 2.72. The van der Waals surface area contributed by atoms with Gasteiger partial charge >= 0.3 is 0 Å². The molecule has 0 spiro atoms. The third-order valence-electron chi connectivity index (χ3n) is 3.39. The van der Waals surface area contributed by atoms with Crippen LogP contribution in [0.25, 0.3) is 0 Å². The number of hydrogen-bond acceptors (Lipinski definition) is 4. The molecule has 0 atom stereocenters. The highest BCUT2D eigenvalue weighted by Crippen LogP contribution is 2.17. The van der Waals surface area contributed by atoms with Crippen molar-refractivity contribution in [3.05, 3.63) is 54.1 Å².